The van der Waals surface area contributed by atoms with Gasteiger partial charge in [-0.2, -0.15) is 0 Å². The lowest BCUT2D eigenvalue weighted by Gasteiger charge is -2.09. The largest absolute Gasteiger partial charge is 0.472 e. The Kier molecular flexibility index (Phi) is 2.92. The first kappa shape index (κ1) is 11.1. The van der Waals surface area contributed by atoms with Crippen LogP contribution in [0.25, 0.3) is 0 Å². The zero-order valence-corrected chi connectivity index (χ0v) is 8.64. The molecule has 0 saturated carbocycles. The Bertz CT molecular complexity index is 496. The fourth-order valence-electron chi connectivity index (χ4n) is 1.33. The van der Waals surface area contributed by atoms with Crippen molar-refractivity contribution in [2.75, 3.05) is 0 Å². The van der Waals surface area contributed by atoms with Crippen molar-refractivity contribution in [1.29, 1.82) is 0 Å². The number of alkyl halides is 1. The van der Waals surface area contributed by atoms with Crippen molar-refractivity contribution in [3.63, 3.8) is 0 Å². The quantitative estimate of drug-likeness (QED) is 0.576. The van der Waals surface area contributed by atoms with E-state index in [0.717, 1.165) is 6.07 Å². The third-order valence-electron chi connectivity index (χ3n) is 2.15. The second-order valence-corrected chi connectivity index (χ2v) is 3.64. The number of hydrogen-bond acceptors (Lipinski definition) is 1. The number of furan rings is 1. The van der Waals surface area contributed by atoms with Gasteiger partial charge in [-0.3, -0.25) is 0 Å². The van der Waals surface area contributed by atoms with Crippen molar-refractivity contribution in [3.8, 4) is 0 Å². The fourth-order valence-corrected chi connectivity index (χ4v) is 1.62. The molecule has 2 rings (SSSR count). The summed E-state index contributed by atoms with van der Waals surface area (Å²) in [7, 11) is 0. The highest BCUT2D eigenvalue weighted by Gasteiger charge is 2.19. The summed E-state index contributed by atoms with van der Waals surface area (Å²) < 4.78 is 43.8. The number of hydrogen-bond donors (Lipinski definition) is 0. The average Bonchev–Trinajstić information content (AvgIpc) is 2.75. The van der Waals surface area contributed by atoms with Gasteiger partial charge in [0.25, 0.3) is 0 Å². The Labute approximate surface area is 94.4 Å². The standard InChI is InChI=1S/C11H6ClF3O/c12-11(6-1-2-16-5-6)7-3-9(14)10(15)4-8(7)13/h1-5,11H. The molecule has 0 aliphatic carbocycles. The van der Waals surface area contributed by atoms with Crippen LogP contribution < -0.4 is 0 Å². The van der Waals surface area contributed by atoms with Crippen LogP contribution in [0, 0.1) is 17.5 Å². The number of halogens is 4. The topological polar surface area (TPSA) is 13.1 Å². The predicted molar refractivity (Wildman–Crippen MR) is 52.7 cm³/mol. The van der Waals surface area contributed by atoms with E-state index in [9.17, 15) is 13.2 Å². The van der Waals surface area contributed by atoms with Crippen LogP contribution in [0.5, 0.6) is 0 Å². The van der Waals surface area contributed by atoms with Gasteiger partial charge in [0.1, 0.15) is 5.82 Å². The van der Waals surface area contributed by atoms with Gasteiger partial charge in [0.2, 0.25) is 0 Å². The van der Waals surface area contributed by atoms with Crippen LogP contribution in [0.2, 0.25) is 0 Å². The lowest BCUT2D eigenvalue weighted by atomic mass is 10.1. The van der Waals surface area contributed by atoms with E-state index < -0.39 is 22.8 Å². The number of benzene rings is 1. The Morgan fingerprint density at radius 2 is 1.75 bits per heavy atom. The van der Waals surface area contributed by atoms with E-state index in [2.05, 4.69) is 0 Å². The molecule has 0 saturated heterocycles. The molecule has 0 spiro atoms. The molecule has 1 aromatic heterocycles. The van der Waals surface area contributed by atoms with Gasteiger partial charge in [-0.15, -0.1) is 11.6 Å². The van der Waals surface area contributed by atoms with Crippen molar-refractivity contribution in [2.24, 2.45) is 0 Å². The van der Waals surface area contributed by atoms with Gasteiger partial charge in [-0.05, 0) is 12.1 Å². The van der Waals surface area contributed by atoms with Gasteiger partial charge >= 0.3 is 0 Å². The van der Waals surface area contributed by atoms with E-state index in [-0.39, 0.29) is 5.56 Å². The molecule has 0 amide bonds. The summed E-state index contributed by atoms with van der Waals surface area (Å²) in [4.78, 5) is 0. The van der Waals surface area contributed by atoms with Crippen LogP contribution in [0.15, 0.2) is 35.1 Å². The second kappa shape index (κ2) is 4.22. The highest BCUT2D eigenvalue weighted by Crippen LogP contribution is 2.31. The first-order valence-corrected chi connectivity index (χ1v) is 4.84. The van der Waals surface area contributed by atoms with E-state index in [1.54, 1.807) is 0 Å². The van der Waals surface area contributed by atoms with Crippen LogP contribution in [-0.2, 0) is 0 Å². The van der Waals surface area contributed by atoms with Gasteiger partial charge in [0, 0.05) is 17.2 Å². The van der Waals surface area contributed by atoms with Gasteiger partial charge in [-0.25, -0.2) is 13.2 Å². The highest BCUT2D eigenvalue weighted by atomic mass is 35.5. The molecule has 2 aromatic rings. The Hall–Kier alpha value is -1.42. The molecule has 1 unspecified atom stereocenters. The van der Waals surface area contributed by atoms with Crippen molar-refractivity contribution in [2.45, 2.75) is 5.38 Å². The minimum absolute atomic E-state index is 0.123. The molecule has 0 bridgehead atoms. The maximum Gasteiger partial charge on any atom is 0.161 e. The maximum atomic E-state index is 13.4. The molecule has 0 aliphatic heterocycles. The Morgan fingerprint density at radius 3 is 2.38 bits per heavy atom. The third-order valence-corrected chi connectivity index (χ3v) is 2.64. The summed E-state index contributed by atoms with van der Waals surface area (Å²) in [5, 5.41) is -0.908. The van der Waals surface area contributed by atoms with Crippen LogP contribution in [0.4, 0.5) is 13.2 Å². The van der Waals surface area contributed by atoms with Gasteiger partial charge in [0.05, 0.1) is 17.9 Å². The monoisotopic (exact) mass is 246 g/mol. The highest BCUT2D eigenvalue weighted by molar-refractivity contribution is 6.22. The second-order valence-electron chi connectivity index (χ2n) is 3.21. The molecule has 0 fully saturated rings. The lowest BCUT2D eigenvalue weighted by Crippen LogP contribution is -1.99. The zero-order chi connectivity index (χ0) is 11.7. The van der Waals surface area contributed by atoms with Crippen LogP contribution in [0.3, 0.4) is 0 Å². The van der Waals surface area contributed by atoms with Crippen molar-refractivity contribution in [1.82, 2.24) is 0 Å². The van der Waals surface area contributed by atoms with E-state index in [0.29, 0.717) is 11.6 Å². The van der Waals surface area contributed by atoms with E-state index in [1.165, 1.54) is 18.6 Å². The minimum Gasteiger partial charge on any atom is -0.472 e. The molecule has 1 atom stereocenters. The molecule has 1 heterocycles. The van der Waals surface area contributed by atoms with Crippen molar-refractivity contribution >= 4 is 11.6 Å². The number of rotatable bonds is 2. The SMILES string of the molecule is Fc1cc(F)c(C(Cl)c2ccoc2)cc1F. The summed E-state index contributed by atoms with van der Waals surface area (Å²) in [6.45, 7) is 0. The third kappa shape index (κ3) is 1.93. The molecule has 16 heavy (non-hydrogen) atoms. The average molecular weight is 247 g/mol. The van der Waals surface area contributed by atoms with Crippen LogP contribution >= 0.6 is 11.6 Å². The summed E-state index contributed by atoms with van der Waals surface area (Å²) in [6, 6.07) is 2.74. The smallest absolute Gasteiger partial charge is 0.161 e. The summed E-state index contributed by atoms with van der Waals surface area (Å²) in [5.74, 6) is -3.26. The van der Waals surface area contributed by atoms with Crippen LogP contribution in [-0.4, -0.2) is 0 Å². The molecule has 0 aliphatic rings. The molecule has 1 aromatic carbocycles. The molecule has 5 heteroatoms. The lowest BCUT2D eigenvalue weighted by molar-refractivity contribution is 0.490. The summed E-state index contributed by atoms with van der Waals surface area (Å²) in [6.07, 6.45) is 2.68. The molecule has 0 radical (unpaired) electrons. The predicted octanol–water partition coefficient (Wildman–Crippen LogP) is 4.03. The normalized spacial score (nSPS) is 12.8. The molecular weight excluding hydrogens is 241 g/mol. The Morgan fingerprint density at radius 1 is 1.06 bits per heavy atom. The van der Waals surface area contributed by atoms with Gasteiger partial charge < -0.3 is 4.42 Å². The maximum absolute atomic E-state index is 13.4. The van der Waals surface area contributed by atoms with Crippen molar-refractivity contribution < 1.29 is 17.6 Å². The first-order chi connectivity index (χ1) is 7.59. The molecule has 1 nitrogen and oxygen atoms in total. The van der Waals surface area contributed by atoms with Crippen molar-refractivity contribution in [3.05, 3.63) is 59.3 Å². The summed E-state index contributed by atoms with van der Waals surface area (Å²) in [5.41, 5.74) is 0.355. The van der Waals surface area contributed by atoms with E-state index in [1.807, 2.05) is 0 Å². The fraction of sp³-hybridized carbons (Fsp3) is 0.0909. The summed E-state index contributed by atoms with van der Waals surface area (Å²) >= 11 is 5.91. The van der Waals surface area contributed by atoms with Gasteiger partial charge in [-0.1, -0.05) is 0 Å². The van der Waals surface area contributed by atoms with E-state index >= 15 is 0 Å². The zero-order valence-electron chi connectivity index (χ0n) is 7.88. The first-order valence-electron chi connectivity index (χ1n) is 4.40. The minimum atomic E-state index is -1.24. The van der Waals surface area contributed by atoms with E-state index in [4.69, 9.17) is 16.0 Å². The van der Waals surface area contributed by atoms with Gasteiger partial charge in [0.15, 0.2) is 11.6 Å². The Balaban J connectivity index is 2.44. The molecular formula is C11H6ClF3O. The molecule has 0 N–H and O–H groups in total. The molecule has 84 valence electrons. The van der Waals surface area contributed by atoms with Crippen LogP contribution in [0.1, 0.15) is 16.5 Å².